The van der Waals surface area contributed by atoms with Crippen molar-refractivity contribution in [2.75, 3.05) is 0 Å². The number of nitrogens with zero attached hydrogens (tertiary/aromatic N) is 3. The van der Waals surface area contributed by atoms with Crippen LogP contribution < -0.4 is 5.73 Å². The van der Waals surface area contributed by atoms with Gasteiger partial charge in [0.1, 0.15) is 11.7 Å². The van der Waals surface area contributed by atoms with Gasteiger partial charge in [-0.1, -0.05) is 35.5 Å². The van der Waals surface area contributed by atoms with E-state index in [0.717, 1.165) is 11.1 Å². The number of nitrogens with two attached hydrogens (primary N) is 1. The van der Waals surface area contributed by atoms with Crippen molar-refractivity contribution >= 4 is 0 Å². The number of benzene rings is 1. The molecule has 2 aromatic heterocycles. The van der Waals surface area contributed by atoms with Gasteiger partial charge >= 0.3 is 0 Å². The average Bonchev–Trinajstić information content (AvgIpc) is 2.97. The Bertz CT molecular complexity index is 709. The first-order chi connectivity index (χ1) is 9.74. The number of hydrogen-bond acceptors (Lipinski definition) is 5. The monoisotopic (exact) mass is 266 g/mol. The molecule has 0 amide bonds. The van der Waals surface area contributed by atoms with Crippen molar-refractivity contribution in [3.63, 3.8) is 0 Å². The second-order valence-corrected chi connectivity index (χ2v) is 4.56. The van der Waals surface area contributed by atoms with Crippen molar-refractivity contribution in [3.05, 3.63) is 65.7 Å². The molecular weight excluding hydrogens is 252 g/mol. The molecule has 0 aliphatic heterocycles. The Kier molecular flexibility index (Phi) is 3.26. The summed E-state index contributed by atoms with van der Waals surface area (Å²) in [6, 6.07) is 13.0. The number of aryl methyl sites for hydroxylation is 1. The molecule has 20 heavy (non-hydrogen) atoms. The summed E-state index contributed by atoms with van der Waals surface area (Å²) in [5.41, 5.74) is 8.82. The fraction of sp³-hybridized carbons (Fsp3) is 0.133. The van der Waals surface area contributed by atoms with Crippen molar-refractivity contribution < 1.29 is 4.52 Å². The van der Waals surface area contributed by atoms with Crippen LogP contribution in [0.2, 0.25) is 0 Å². The Balaban J connectivity index is 1.91. The maximum Gasteiger partial charge on any atom is 0.248 e. The molecule has 1 atom stereocenters. The molecule has 5 nitrogen and oxygen atoms in total. The molecular formula is C15H14N4O. The summed E-state index contributed by atoms with van der Waals surface area (Å²) in [4.78, 5) is 8.56. The summed E-state index contributed by atoms with van der Waals surface area (Å²) < 4.78 is 5.25. The second-order valence-electron chi connectivity index (χ2n) is 4.56. The molecule has 0 spiro atoms. The molecule has 0 saturated heterocycles. The van der Waals surface area contributed by atoms with Crippen LogP contribution in [0.15, 0.2) is 53.2 Å². The summed E-state index contributed by atoms with van der Waals surface area (Å²) in [5, 5.41) is 3.95. The van der Waals surface area contributed by atoms with Crippen molar-refractivity contribution in [1.29, 1.82) is 0 Å². The summed E-state index contributed by atoms with van der Waals surface area (Å²) >= 11 is 0. The summed E-state index contributed by atoms with van der Waals surface area (Å²) in [5.74, 6) is 0.838. The third-order valence-electron chi connectivity index (χ3n) is 3.01. The van der Waals surface area contributed by atoms with E-state index in [4.69, 9.17) is 10.3 Å². The summed E-state index contributed by atoms with van der Waals surface area (Å²) in [6.45, 7) is 1.99. The number of rotatable bonds is 3. The van der Waals surface area contributed by atoms with E-state index in [1.165, 1.54) is 0 Å². The summed E-state index contributed by atoms with van der Waals surface area (Å²) in [7, 11) is 0. The zero-order valence-corrected chi connectivity index (χ0v) is 11.0. The Morgan fingerprint density at radius 2 is 1.95 bits per heavy atom. The number of hydrogen-bond donors (Lipinski definition) is 1. The van der Waals surface area contributed by atoms with Gasteiger partial charge in [0.2, 0.25) is 11.7 Å². The number of aromatic nitrogens is 3. The molecule has 3 aromatic rings. The van der Waals surface area contributed by atoms with Crippen LogP contribution in [0.4, 0.5) is 0 Å². The van der Waals surface area contributed by atoms with E-state index in [1.807, 2.05) is 49.4 Å². The van der Waals surface area contributed by atoms with Gasteiger partial charge < -0.3 is 10.3 Å². The minimum atomic E-state index is -0.428. The molecule has 3 rings (SSSR count). The van der Waals surface area contributed by atoms with Gasteiger partial charge in [-0.15, -0.1) is 0 Å². The normalized spacial score (nSPS) is 12.3. The third-order valence-corrected chi connectivity index (χ3v) is 3.01. The van der Waals surface area contributed by atoms with Gasteiger partial charge in [-0.05, 0) is 30.2 Å². The van der Waals surface area contributed by atoms with Crippen molar-refractivity contribution in [1.82, 2.24) is 15.1 Å². The van der Waals surface area contributed by atoms with Gasteiger partial charge in [-0.2, -0.15) is 4.98 Å². The molecule has 0 bridgehead atoms. The van der Waals surface area contributed by atoms with E-state index in [-0.39, 0.29) is 0 Å². The highest BCUT2D eigenvalue weighted by atomic mass is 16.5. The molecule has 0 aliphatic rings. The maximum absolute atomic E-state index is 6.12. The molecule has 1 aromatic carbocycles. The fourth-order valence-corrected chi connectivity index (χ4v) is 1.93. The number of pyridine rings is 1. The molecule has 100 valence electrons. The largest absolute Gasteiger partial charge is 0.337 e. The van der Waals surface area contributed by atoms with Gasteiger partial charge in [0.25, 0.3) is 0 Å². The highest BCUT2D eigenvalue weighted by Gasteiger charge is 2.17. The summed E-state index contributed by atoms with van der Waals surface area (Å²) in [6.07, 6.45) is 1.72. The Hall–Kier alpha value is -2.53. The standard InChI is InChI=1S/C15H14N4O/c1-10-7-8-17-12(9-10)14-18-15(20-19-14)13(16)11-5-3-2-4-6-11/h2-9,13H,16H2,1H3. The lowest BCUT2D eigenvalue weighted by Gasteiger charge is -2.05. The molecule has 2 heterocycles. The minimum Gasteiger partial charge on any atom is -0.337 e. The molecule has 0 fully saturated rings. The van der Waals surface area contributed by atoms with Gasteiger partial charge in [0.15, 0.2) is 0 Å². The molecule has 5 heteroatoms. The van der Waals surface area contributed by atoms with Crippen LogP contribution in [0.25, 0.3) is 11.5 Å². The van der Waals surface area contributed by atoms with E-state index in [0.29, 0.717) is 17.4 Å². The minimum absolute atomic E-state index is 0.384. The van der Waals surface area contributed by atoms with E-state index in [1.54, 1.807) is 6.20 Å². The van der Waals surface area contributed by atoms with Gasteiger partial charge in [0.05, 0.1) is 0 Å². The fourth-order valence-electron chi connectivity index (χ4n) is 1.93. The van der Waals surface area contributed by atoms with Crippen molar-refractivity contribution in [2.24, 2.45) is 5.73 Å². The molecule has 1 unspecified atom stereocenters. The molecule has 0 aliphatic carbocycles. The van der Waals surface area contributed by atoms with E-state index in [2.05, 4.69) is 15.1 Å². The van der Waals surface area contributed by atoms with Crippen LogP contribution >= 0.6 is 0 Å². The lowest BCUT2D eigenvalue weighted by molar-refractivity contribution is 0.367. The Morgan fingerprint density at radius 3 is 2.70 bits per heavy atom. The third kappa shape index (κ3) is 2.44. The van der Waals surface area contributed by atoms with E-state index in [9.17, 15) is 0 Å². The van der Waals surface area contributed by atoms with Gasteiger partial charge in [-0.25, -0.2) is 0 Å². The quantitative estimate of drug-likeness (QED) is 0.788. The maximum atomic E-state index is 6.12. The second kappa shape index (κ2) is 5.22. The van der Waals surface area contributed by atoms with Crippen LogP contribution in [0.3, 0.4) is 0 Å². The van der Waals surface area contributed by atoms with E-state index < -0.39 is 6.04 Å². The first-order valence-electron chi connectivity index (χ1n) is 6.31. The van der Waals surface area contributed by atoms with Crippen molar-refractivity contribution in [3.8, 4) is 11.5 Å². The highest BCUT2D eigenvalue weighted by Crippen LogP contribution is 2.20. The topological polar surface area (TPSA) is 77.8 Å². The lowest BCUT2D eigenvalue weighted by Crippen LogP contribution is -2.12. The van der Waals surface area contributed by atoms with Crippen LogP contribution in [-0.4, -0.2) is 15.1 Å². The predicted octanol–water partition coefficient (Wildman–Crippen LogP) is 2.49. The van der Waals surface area contributed by atoms with Crippen LogP contribution in [0.1, 0.15) is 23.1 Å². The Morgan fingerprint density at radius 1 is 1.15 bits per heavy atom. The molecule has 0 radical (unpaired) electrons. The van der Waals surface area contributed by atoms with Crippen LogP contribution in [-0.2, 0) is 0 Å². The first kappa shape index (κ1) is 12.5. The van der Waals surface area contributed by atoms with Crippen LogP contribution in [0.5, 0.6) is 0 Å². The zero-order chi connectivity index (χ0) is 13.9. The SMILES string of the molecule is Cc1ccnc(-c2noc(C(N)c3ccccc3)n2)c1. The smallest absolute Gasteiger partial charge is 0.248 e. The van der Waals surface area contributed by atoms with Gasteiger partial charge in [-0.3, -0.25) is 4.98 Å². The molecule has 2 N–H and O–H groups in total. The lowest BCUT2D eigenvalue weighted by atomic mass is 10.1. The zero-order valence-electron chi connectivity index (χ0n) is 11.0. The van der Waals surface area contributed by atoms with Crippen LogP contribution in [0, 0.1) is 6.92 Å². The molecule has 0 saturated carbocycles. The Labute approximate surface area is 116 Å². The first-order valence-corrected chi connectivity index (χ1v) is 6.31. The van der Waals surface area contributed by atoms with Crippen molar-refractivity contribution in [2.45, 2.75) is 13.0 Å². The van der Waals surface area contributed by atoms with E-state index >= 15 is 0 Å². The van der Waals surface area contributed by atoms with Gasteiger partial charge in [0, 0.05) is 6.20 Å². The average molecular weight is 266 g/mol. The predicted molar refractivity (Wildman–Crippen MR) is 74.7 cm³/mol. The highest BCUT2D eigenvalue weighted by molar-refractivity contribution is 5.49.